The van der Waals surface area contributed by atoms with Gasteiger partial charge in [-0.1, -0.05) is 32.0 Å². The van der Waals surface area contributed by atoms with E-state index in [0.717, 1.165) is 0 Å². The predicted molar refractivity (Wildman–Crippen MR) is 88.6 cm³/mol. The first kappa shape index (κ1) is 16.7. The number of hydrogen-bond donors (Lipinski definition) is 2. The summed E-state index contributed by atoms with van der Waals surface area (Å²) >= 11 is 0. The van der Waals surface area contributed by atoms with Gasteiger partial charge in [-0.05, 0) is 35.9 Å². The number of carbonyl (C=O) groups is 2. The Balaban J connectivity index is 1.99. The molecule has 0 unspecified atom stereocenters. The van der Waals surface area contributed by atoms with Gasteiger partial charge in [0.2, 0.25) is 11.8 Å². The molecule has 0 heterocycles. The van der Waals surface area contributed by atoms with Gasteiger partial charge in [0.25, 0.3) is 0 Å². The van der Waals surface area contributed by atoms with Gasteiger partial charge in [-0.15, -0.1) is 0 Å². The maximum atomic E-state index is 13.1. The maximum absolute atomic E-state index is 13.1. The highest BCUT2D eigenvalue weighted by atomic mass is 19.1. The van der Waals surface area contributed by atoms with Crippen LogP contribution in [-0.2, 0) is 16.0 Å². The third-order valence-corrected chi connectivity index (χ3v) is 3.19. The smallest absolute Gasteiger partial charge is 0.228 e. The fourth-order valence-electron chi connectivity index (χ4n) is 2.00. The Morgan fingerprint density at radius 3 is 2.30 bits per heavy atom. The Morgan fingerprint density at radius 2 is 1.65 bits per heavy atom. The molecule has 0 saturated heterocycles. The number of nitrogens with one attached hydrogen (secondary N) is 2. The van der Waals surface area contributed by atoms with Crippen molar-refractivity contribution in [1.82, 2.24) is 0 Å². The van der Waals surface area contributed by atoms with E-state index in [1.165, 1.54) is 12.1 Å². The number of anilines is 2. The van der Waals surface area contributed by atoms with Crippen LogP contribution in [0.1, 0.15) is 19.4 Å². The summed E-state index contributed by atoms with van der Waals surface area (Å²) in [5.74, 6) is -0.828. The minimum atomic E-state index is -0.367. The van der Waals surface area contributed by atoms with Crippen molar-refractivity contribution in [3.05, 3.63) is 59.9 Å². The van der Waals surface area contributed by atoms with Crippen LogP contribution in [0.4, 0.5) is 15.8 Å². The van der Waals surface area contributed by atoms with Crippen LogP contribution in [-0.4, -0.2) is 11.8 Å². The minimum Gasteiger partial charge on any atom is -0.326 e. The van der Waals surface area contributed by atoms with Gasteiger partial charge >= 0.3 is 0 Å². The van der Waals surface area contributed by atoms with E-state index in [2.05, 4.69) is 10.6 Å². The molecule has 2 amide bonds. The van der Waals surface area contributed by atoms with Crippen LogP contribution in [0.15, 0.2) is 48.5 Å². The second-order valence-electron chi connectivity index (χ2n) is 5.58. The summed E-state index contributed by atoms with van der Waals surface area (Å²) in [6, 6.07) is 12.8. The standard InChI is InChI=1S/C18H19FN2O2/c1-12(2)18(23)21-16-8-4-7-15(11-16)20-17(22)10-13-5-3-6-14(19)9-13/h3-9,11-12H,10H2,1-2H3,(H,20,22)(H,21,23). The molecular formula is C18H19FN2O2. The van der Waals surface area contributed by atoms with Gasteiger partial charge in [0.15, 0.2) is 0 Å². The van der Waals surface area contributed by atoms with Crippen LogP contribution in [0.25, 0.3) is 0 Å². The van der Waals surface area contributed by atoms with E-state index in [1.54, 1.807) is 50.2 Å². The first-order valence-corrected chi connectivity index (χ1v) is 7.39. The second-order valence-corrected chi connectivity index (χ2v) is 5.58. The molecule has 0 aliphatic heterocycles. The highest BCUT2D eigenvalue weighted by Crippen LogP contribution is 2.16. The molecule has 0 atom stereocenters. The van der Waals surface area contributed by atoms with Crippen LogP contribution in [0.3, 0.4) is 0 Å². The summed E-state index contributed by atoms with van der Waals surface area (Å²) in [7, 11) is 0. The summed E-state index contributed by atoms with van der Waals surface area (Å²) in [6.07, 6.45) is 0.0837. The lowest BCUT2D eigenvalue weighted by Crippen LogP contribution is -2.18. The average molecular weight is 314 g/mol. The monoisotopic (exact) mass is 314 g/mol. The summed E-state index contributed by atoms with van der Waals surface area (Å²) in [5, 5.41) is 5.51. The predicted octanol–water partition coefficient (Wildman–Crippen LogP) is 3.60. The molecule has 5 heteroatoms. The van der Waals surface area contributed by atoms with Crippen LogP contribution in [0.5, 0.6) is 0 Å². The summed E-state index contributed by atoms with van der Waals surface area (Å²) in [4.78, 5) is 23.7. The first-order valence-electron chi connectivity index (χ1n) is 7.39. The number of hydrogen-bond acceptors (Lipinski definition) is 2. The van der Waals surface area contributed by atoms with Crippen molar-refractivity contribution in [3.63, 3.8) is 0 Å². The molecule has 0 saturated carbocycles. The van der Waals surface area contributed by atoms with E-state index in [0.29, 0.717) is 16.9 Å². The van der Waals surface area contributed by atoms with Crippen molar-refractivity contribution in [2.75, 3.05) is 10.6 Å². The molecule has 120 valence electrons. The maximum Gasteiger partial charge on any atom is 0.228 e. The van der Waals surface area contributed by atoms with E-state index in [1.807, 2.05) is 0 Å². The molecule has 0 fully saturated rings. The second kappa shape index (κ2) is 7.54. The molecule has 0 spiro atoms. The van der Waals surface area contributed by atoms with Crippen molar-refractivity contribution >= 4 is 23.2 Å². The van der Waals surface area contributed by atoms with Crippen LogP contribution < -0.4 is 10.6 Å². The molecule has 2 N–H and O–H groups in total. The highest BCUT2D eigenvalue weighted by Gasteiger charge is 2.09. The molecule has 0 radical (unpaired) electrons. The summed E-state index contributed by atoms with van der Waals surface area (Å²) in [6.45, 7) is 3.61. The first-order chi connectivity index (χ1) is 10.9. The molecule has 2 aromatic carbocycles. The SMILES string of the molecule is CC(C)C(=O)Nc1cccc(NC(=O)Cc2cccc(F)c2)c1. The van der Waals surface area contributed by atoms with Crippen molar-refractivity contribution in [2.45, 2.75) is 20.3 Å². The Labute approximate surface area is 134 Å². The Hall–Kier alpha value is -2.69. The molecule has 4 nitrogen and oxygen atoms in total. The third-order valence-electron chi connectivity index (χ3n) is 3.19. The van der Waals surface area contributed by atoms with E-state index < -0.39 is 0 Å². The average Bonchev–Trinajstić information content (AvgIpc) is 2.47. The lowest BCUT2D eigenvalue weighted by atomic mass is 10.1. The number of halogens is 1. The highest BCUT2D eigenvalue weighted by molar-refractivity contribution is 5.95. The van der Waals surface area contributed by atoms with Crippen LogP contribution in [0, 0.1) is 11.7 Å². The normalized spacial score (nSPS) is 10.4. The van der Waals surface area contributed by atoms with Crippen LogP contribution >= 0.6 is 0 Å². The number of amides is 2. The molecule has 2 rings (SSSR count). The van der Waals surface area contributed by atoms with Gasteiger partial charge in [-0.3, -0.25) is 9.59 Å². The van der Waals surface area contributed by atoms with Gasteiger partial charge in [0.1, 0.15) is 5.82 Å². The van der Waals surface area contributed by atoms with E-state index in [9.17, 15) is 14.0 Å². The fourth-order valence-corrected chi connectivity index (χ4v) is 2.00. The number of rotatable bonds is 5. The molecular weight excluding hydrogens is 295 g/mol. The number of carbonyl (C=O) groups excluding carboxylic acids is 2. The molecule has 2 aromatic rings. The topological polar surface area (TPSA) is 58.2 Å². The Morgan fingerprint density at radius 1 is 1.00 bits per heavy atom. The summed E-state index contributed by atoms with van der Waals surface area (Å²) < 4.78 is 13.1. The van der Waals surface area contributed by atoms with Gasteiger partial charge in [0, 0.05) is 17.3 Å². The Kier molecular flexibility index (Phi) is 5.46. The summed E-state index contributed by atoms with van der Waals surface area (Å²) in [5.41, 5.74) is 1.80. The minimum absolute atomic E-state index is 0.0837. The van der Waals surface area contributed by atoms with Crippen molar-refractivity contribution in [2.24, 2.45) is 5.92 Å². The lowest BCUT2D eigenvalue weighted by molar-refractivity contribution is -0.119. The molecule has 0 aliphatic rings. The fraction of sp³-hybridized carbons (Fsp3) is 0.222. The van der Waals surface area contributed by atoms with E-state index >= 15 is 0 Å². The van der Waals surface area contributed by atoms with Gasteiger partial charge in [-0.2, -0.15) is 0 Å². The van der Waals surface area contributed by atoms with Gasteiger partial charge in [-0.25, -0.2) is 4.39 Å². The van der Waals surface area contributed by atoms with Gasteiger partial charge in [0.05, 0.1) is 6.42 Å². The van der Waals surface area contributed by atoms with E-state index in [4.69, 9.17) is 0 Å². The van der Waals surface area contributed by atoms with Crippen molar-refractivity contribution in [1.29, 1.82) is 0 Å². The van der Waals surface area contributed by atoms with Gasteiger partial charge < -0.3 is 10.6 Å². The zero-order valence-electron chi connectivity index (χ0n) is 13.1. The van der Waals surface area contributed by atoms with Crippen molar-refractivity contribution in [3.8, 4) is 0 Å². The Bertz CT molecular complexity index is 714. The molecule has 0 bridgehead atoms. The lowest BCUT2D eigenvalue weighted by Gasteiger charge is -2.10. The van der Waals surface area contributed by atoms with E-state index in [-0.39, 0.29) is 30.0 Å². The zero-order valence-corrected chi connectivity index (χ0v) is 13.1. The third kappa shape index (κ3) is 5.21. The molecule has 0 aliphatic carbocycles. The molecule has 23 heavy (non-hydrogen) atoms. The van der Waals surface area contributed by atoms with Crippen LogP contribution in [0.2, 0.25) is 0 Å². The zero-order chi connectivity index (χ0) is 16.8. The van der Waals surface area contributed by atoms with Crippen molar-refractivity contribution < 1.29 is 14.0 Å². The largest absolute Gasteiger partial charge is 0.326 e. The quantitative estimate of drug-likeness (QED) is 0.886. The number of benzene rings is 2. The molecule has 0 aromatic heterocycles.